The maximum Gasteiger partial charge on any atom is 0.307 e. The van der Waals surface area contributed by atoms with Gasteiger partial charge in [0, 0.05) is 10.8 Å². The number of carboxylic acid groups (broad SMARTS) is 1. The Morgan fingerprint density at radius 3 is 2.87 bits per heavy atom. The molecule has 0 aliphatic heterocycles. The van der Waals surface area contributed by atoms with E-state index in [1.807, 2.05) is 12.2 Å². The average molecular weight is 243 g/mol. The molecule has 0 atom stereocenters. The number of benzene rings is 1. The van der Waals surface area contributed by atoms with Gasteiger partial charge in [0.2, 0.25) is 0 Å². The van der Waals surface area contributed by atoms with Gasteiger partial charge in [-0.3, -0.25) is 4.79 Å². The Balaban J connectivity index is 3.02. The van der Waals surface area contributed by atoms with Crippen molar-refractivity contribution >= 4 is 36.3 Å². The zero-order valence-corrected chi connectivity index (χ0v) is 9.63. The molecule has 0 heterocycles. The number of halogens is 1. The van der Waals surface area contributed by atoms with E-state index < -0.39 is 5.97 Å². The summed E-state index contributed by atoms with van der Waals surface area (Å²) < 4.78 is 0. The smallest absolute Gasteiger partial charge is 0.307 e. The van der Waals surface area contributed by atoms with E-state index in [-0.39, 0.29) is 6.42 Å². The molecule has 0 saturated carbocycles. The Hall–Kier alpha value is -0.930. The predicted octanol–water partition coefficient (Wildman–Crippen LogP) is 2.91. The van der Waals surface area contributed by atoms with Gasteiger partial charge in [-0.05, 0) is 23.3 Å². The Morgan fingerprint density at radius 1 is 1.53 bits per heavy atom. The first-order chi connectivity index (χ1) is 7.13. The summed E-state index contributed by atoms with van der Waals surface area (Å²) in [5.74, 6) is -0.243. The number of rotatable bonds is 4. The van der Waals surface area contributed by atoms with E-state index in [0.29, 0.717) is 16.3 Å². The van der Waals surface area contributed by atoms with Crippen LogP contribution in [0.5, 0.6) is 0 Å². The van der Waals surface area contributed by atoms with Crippen molar-refractivity contribution in [3.63, 3.8) is 0 Å². The van der Waals surface area contributed by atoms with Crippen molar-refractivity contribution in [2.75, 3.05) is 5.75 Å². The molecule has 2 nitrogen and oxygen atoms in total. The number of carboxylic acids is 1. The van der Waals surface area contributed by atoms with Gasteiger partial charge in [-0.1, -0.05) is 29.8 Å². The van der Waals surface area contributed by atoms with Crippen molar-refractivity contribution in [3.05, 3.63) is 40.4 Å². The second-order valence-corrected chi connectivity index (χ2v) is 3.80. The summed E-state index contributed by atoms with van der Waals surface area (Å²) in [7, 11) is 0. The molecule has 0 aliphatic rings. The standard InChI is InChI=1S/C11H11ClO2S/c12-10-4-3-8(2-1-5-15)9(6-10)7-11(13)14/h1-4,6,15H,5,7H2,(H,13,14). The lowest BCUT2D eigenvalue weighted by molar-refractivity contribution is -0.136. The lowest BCUT2D eigenvalue weighted by Gasteiger charge is -2.03. The van der Waals surface area contributed by atoms with E-state index in [9.17, 15) is 4.79 Å². The highest BCUT2D eigenvalue weighted by Gasteiger charge is 2.05. The van der Waals surface area contributed by atoms with Crippen molar-refractivity contribution in [3.8, 4) is 0 Å². The molecule has 0 bridgehead atoms. The fraction of sp³-hybridized carbons (Fsp3) is 0.182. The second-order valence-electron chi connectivity index (χ2n) is 3.00. The summed E-state index contributed by atoms with van der Waals surface area (Å²) in [6.07, 6.45) is 3.69. The zero-order valence-electron chi connectivity index (χ0n) is 7.98. The molecule has 0 aromatic heterocycles. The summed E-state index contributed by atoms with van der Waals surface area (Å²) in [6.45, 7) is 0. The molecule has 1 aromatic carbocycles. The minimum atomic E-state index is -0.863. The molecule has 1 aromatic rings. The van der Waals surface area contributed by atoms with Crippen LogP contribution in [0.25, 0.3) is 6.08 Å². The quantitative estimate of drug-likeness (QED) is 0.797. The van der Waals surface area contributed by atoms with Crippen LogP contribution in [0.3, 0.4) is 0 Å². The van der Waals surface area contributed by atoms with Gasteiger partial charge in [-0.2, -0.15) is 12.6 Å². The number of carbonyl (C=O) groups is 1. The summed E-state index contributed by atoms with van der Waals surface area (Å²) >= 11 is 9.85. The second kappa shape index (κ2) is 5.83. The highest BCUT2D eigenvalue weighted by Crippen LogP contribution is 2.18. The fourth-order valence-corrected chi connectivity index (χ4v) is 1.53. The molecule has 0 unspecified atom stereocenters. The van der Waals surface area contributed by atoms with Crippen LogP contribution in [0.4, 0.5) is 0 Å². The van der Waals surface area contributed by atoms with E-state index in [4.69, 9.17) is 16.7 Å². The first kappa shape index (κ1) is 12.1. The van der Waals surface area contributed by atoms with Crippen LogP contribution < -0.4 is 0 Å². The van der Waals surface area contributed by atoms with Gasteiger partial charge in [0.25, 0.3) is 0 Å². The molecule has 1 rings (SSSR count). The topological polar surface area (TPSA) is 37.3 Å². The minimum Gasteiger partial charge on any atom is -0.481 e. The van der Waals surface area contributed by atoms with E-state index >= 15 is 0 Å². The van der Waals surface area contributed by atoms with Crippen LogP contribution in [0.15, 0.2) is 24.3 Å². The van der Waals surface area contributed by atoms with Gasteiger partial charge in [-0.25, -0.2) is 0 Å². The van der Waals surface area contributed by atoms with Crippen molar-refractivity contribution in [2.24, 2.45) is 0 Å². The summed E-state index contributed by atoms with van der Waals surface area (Å²) in [6, 6.07) is 5.22. The van der Waals surface area contributed by atoms with Crippen molar-refractivity contribution in [1.29, 1.82) is 0 Å². The third kappa shape index (κ3) is 3.98. The molecule has 0 amide bonds. The highest BCUT2D eigenvalue weighted by atomic mass is 35.5. The van der Waals surface area contributed by atoms with Gasteiger partial charge < -0.3 is 5.11 Å². The first-order valence-electron chi connectivity index (χ1n) is 4.41. The molecule has 0 spiro atoms. The number of thiol groups is 1. The van der Waals surface area contributed by atoms with Gasteiger partial charge in [0.15, 0.2) is 0 Å². The van der Waals surface area contributed by atoms with Gasteiger partial charge in [0.05, 0.1) is 6.42 Å². The normalized spacial score (nSPS) is 10.8. The fourth-order valence-electron chi connectivity index (χ4n) is 1.23. The van der Waals surface area contributed by atoms with Crippen LogP contribution in [0.1, 0.15) is 11.1 Å². The molecular weight excluding hydrogens is 232 g/mol. The molecule has 0 radical (unpaired) electrons. The molecular formula is C11H11ClO2S. The summed E-state index contributed by atoms with van der Waals surface area (Å²) in [4.78, 5) is 10.6. The Kier molecular flexibility index (Phi) is 4.72. The maximum atomic E-state index is 10.6. The maximum absolute atomic E-state index is 10.6. The van der Waals surface area contributed by atoms with Crippen LogP contribution >= 0.6 is 24.2 Å². The monoisotopic (exact) mass is 242 g/mol. The lowest BCUT2D eigenvalue weighted by Crippen LogP contribution is -2.01. The summed E-state index contributed by atoms with van der Waals surface area (Å²) in [5.41, 5.74) is 1.59. The van der Waals surface area contributed by atoms with E-state index in [1.54, 1.807) is 18.2 Å². The third-order valence-electron chi connectivity index (χ3n) is 1.85. The largest absolute Gasteiger partial charge is 0.481 e. The van der Waals surface area contributed by atoms with Crippen molar-refractivity contribution in [1.82, 2.24) is 0 Å². The first-order valence-corrected chi connectivity index (χ1v) is 5.42. The molecule has 80 valence electrons. The molecule has 0 fully saturated rings. The van der Waals surface area contributed by atoms with Crippen LogP contribution in [-0.4, -0.2) is 16.8 Å². The SMILES string of the molecule is O=C(O)Cc1cc(Cl)ccc1C=CCS. The zero-order chi connectivity index (χ0) is 11.3. The van der Waals surface area contributed by atoms with Crippen molar-refractivity contribution in [2.45, 2.75) is 6.42 Å². The van der Waals surface area contributed by atoms with Crippen LogP contribution in [0, 0.1) is 0 Å². The number of hydrogen-bond acceptors (Lipinski definition) is 2. The predicted molar refractivity (Wildman–Crippen MR) is 65.7 cm³/mol. The Labute approximate surface area is 99.0 Å². The van der Waals surface area contributed by atoms with Gasteiger partial charge in [-0.15, -0.1) is 0 Å². The molecule has 1 N–H and O–H groups in total. The Bertz CT molecular complexity index is 388. The molecule has 0 aliphatic carbocycles. The van der Waals surface area contributed by atoms with E-state index in [1.165, 1.54) is 0 Å². The molecule has 4 heteroatoms. The van der Waals surface area contributed by atoms with Gasteiger partial charge in [0.1, 0.15) is 0 Å². The van der Waals surface area contributed by atoms with Crippen LogP contribution in [-0.2, 0) is 11.2 Å². The third-order valence-corrected chi connectivity index (χ3v) is 2.30. The number of hydrogen-bond donors (Lipinski definition) is 2. The van der Waals surface area contributed by atoms with E-state index in [0.717, 1.165) is 5.56 Å². The minimum absolute atomic E-state index is 0.0210. The highest BCUT2D eigenvalue weighted by molar-refractivity contribution is 7.80. The van der Waals surface area contributed by atoms with Gasteiger partial charge >= 0.3 is 5.97 Å². The number of aliphatic carboxylic acids is 1. The van der Waals surface area contributed by atoms with Crippen molar-refractivity contribution < 1.29 is 9.90 Å². The lowest BCUT2D eigenvalue weighted by atomic mass is 10.0. The molecule has 0 saturated heterocycles. The Morgan fingerprint density at radius 2 is 2.27 bits per heavy atom. The average Bonchev–Trinajstić information content (AvgIpc) is 2.16. The van der Waals surface area contributed by atoms with E-state index in [2.05, 4.69) is 12.6 Å². The van der Waals surface area contributed by atoms with Crippen LogP contribution in [0.2, 0.25) is 5.02 Å². The summed E-state index contributed by atoms with van der Waals surface area (Å²) in [5, 5.41) is 9.28. The molecule has 15 heavy (non-hydrogen) atoms.